The highest BCUT2D eigenvalue weighted by molar-refractivity contribution is 5.54. The van der Waals surface area contributed by atoms with Gasteiger partial charge in [0.2, 0.25) is 0 Å². The van der Waals surface area contributed by atoms with Crippen molar-refractivity contribution in [1.82, 2.24) is 4.98 Å². The van der Waals surface area contributed by atoms with E-state index in [4.69, 9.17) is 5.53 Å². The molecule has 7 heteroatoms. The van der Waals surface area contributed by atoms with Gasteiger partial charge in [0.15, 0.2) is 0 Å². The summed E-state index contributed by atoms with van der Waals surface area (Å²) in [6.07, 6.45) is 2.35. The molecule has 7 nitrogen and oxygen atoms in total. The Morgan fingerprint density at radius 2 is 2.50 bits per heavy atom. The average Bonchev–Trinajstić information content (AvgIpc) is 2.05. The maximum absolute atomic E-state index is 10.3. The molecule has 0 spiro atoms. The van der Waals surface area contributed by atoms with Crippen LogP contribution in [-0.2, 0) is 0 Å². The van der Waals surface area contributed by atoms with Gasteiger partial charge in [-0.3, -0.25) is 15.1 Å². The smallest absolute Gasteiger partial charge is 0.258 e. The highest BCUT2D eigenvalue weighted by Gasteiger charge is 2.10. The van der Waals surface area contributed by atoms with E-state index < -0.39 is 4.92 Å². The second kappa shape index (κ2) is 3.31. The van der Waals surface area contributed by atoms with Crippen molar-refractivity contribution < 1.29 is 4.92 Å². The largest absolute Gasteiger partial charge is 0.297 e. The van der Waals surface area contributed by atoms with Crippen LogP contribution in [0.2, 0.25) is 0 Å². The zero-order valence-corrected chi connectivity index (χ0v) is 5.78. The van der Waals surface area contributed by atoms with Crippen molar-refractivity contribution in [2.75, 3.05) is 0 Å². The zero-order chi connectivity index (χ0) is 8.97. The quantitative estimate of drug-likeness (QED) is 0.219. The molecule has 0 aliphatic heterocycles. The van der Waals surface area contributed by atoms with Crippen molar-refractivity contribution in [1.29, 1.82) is 0 Å². The molecule has 0 aliphatic rings. The summed E-state index contributed by atoms with van der Waals surface area (Å²) >= 11 is 0. The van der Waals surface area contributed by atoms with Crippen molar-refractivity contribution >= 4 is 11.4 Å². The lowest BCUT2D eigenvalue weighted by Gasteiger charge is -1.92. The summed E-state index contributed by atoms with van der Waals surface area (Å²) in [5.74, 6) is 0. The van der Waals surface area contributed by atoms with E-state index in [0.717, 1.165) is 6.20 Å². The Morgan fingerprint density at radius 1 is 1.75 bits per heavy atom. The van der Waals surface area contributed by atoms with Crippen molar-refractivity contribution in [2.24, 2.45) is 5.11 Å². The Hall–Kier alpha value is -2.14. The van der Waals surface area contributed by atoms with Gasteiger partial charge in [0.05, 0.1) is 4.92 Å². The van der Waals surface area contributed by atoms with Gasteiger partial charge >= 0.3 is 0 Å². The predicted octanol–water partition coefficient (Wildman–Crippen LogP) is 1.93. The standard InChI is InChI=1S/C5H3N5O2/c6-9-8-4-1-2-7-3-5(4)10(11)12/h1-3H. The zero-order valence-electron chi connectivity index (χ0n) is 5.78. The van der Waals surface area contributed by atoms with Gasteiger partial charge in [-0.05, 0) is 11.6 Å². The third kappa shape index (κ3) is 1.47. The van der Waals surface area contributed by atoms with E-state index >= 15 is 0 Å². The van der Waals surface area contributed by atoms with Crippen LogP contribution in [0, 0.1) is 10.1 Å². The molecule has 0 aliphatic carbocycles. The van der Waals surface area contributed by atoms with Crippen LogP contribution >= 0.6 is 0 Å². The first kappa shape index (κ1) is 7.96. The fraction of sp³-hybridized carbons (Fsp3) is 0. The van der Waals surface area contributed by atoms with Crippen LogP contribution in [0.5, 0.6) is 0 Å². The van der Waals surface area contributed by atoms with E-state index in [-0.39, 0.29) is 11.4 Å². The summed E-state index contributed by atoms with van der Waals surface area (Å²) in [4.78, 5) is 15.6. The Bertz CT molecular complexity index is 336. The normalized spacial score (nSPS) is 8.67. The van der Waals surface area contributed by atoms with Crippen LogP contribution in [0.15, 0.2) is 23.6 Å². The molecule has 0 fully saturated rings. The van der Waals surface area contributed by atoms with Crippen LogP contribution < -0.4 is 0 Å². The first-order valence-electron chi connectivity index (χ1n) is 2.89. The lowest BCUT2D eigenvalue weighted by atomic mass is 10.4. The third-order valence-electron chi connectivity index (χ3n) is 1.13. The van der Waals surface area contributed by atoms with Crippen molar-refractivity contribution in [2.45, 2.75) is 0 Å². The van der Waals surface area contributed by atoms with E-state index in [0.29, 0.717) is 0 Å². The number of pyridine rings is 1. The molecule has 0 N–H and O–H groups in total. The topological polar surface area (TPSA) is 105 Å². The minimum absolute atomic E-state index is 0.0301. The molecule has 1 aromatic heterocycles. The maximum atomic E-state index is 10.3. The van der Waals surface area contributed by atoms with Gasteiger partial charge in [0, 0.05) is 11.1 Å². The van der Waals surface area contributed by atoms with Crippen LogP contribution in [0.1, 0.15) is 0 Å². The first-order valence-corrected chi connectivity index (χ1v) is 2.89. The van der Waals surface area contributed by atoms with Crippen LogP contribution in [0.4, 0.5) is 11.4 Å². The summed E-state index contributed by atoms with van der Waals surface area (Å²) in [7, 11) is 0. The second-order valence-electron chi connectivity index (χ2n) is 1.81. The van der Waals surface area contributed by atoms with Gasteiger partial charge < -0.3 is 0 Å². The maximum Gasteiger partial charge on any atom is 0.297 e. The number of nitro groups is 1. The van der Waals surface area contributed by atoms with Crippen LogP contribution in [0.25, 0.3) is 10.4 Å². The highest BCUT2D eigenvalue weighted by Crippen LogP contribution is 2.24. The number of hydrogen-bond acceptors (Lipinski definition) is 4. The lowest BCUT2D eigenvalue weighted by molar-refractivity contribution is -0.384. The Morgan fingerprint density at radius 3 is 3.08 bits per heavy atom. The molecule has 0 aromatic carbocycles. The summed E-state index contributed by atoms with van der Waals surface area (Å²) in [6.45, 7) is 0. The number of aromatic nitrogens is 1. The number of azide groups is 1. The van der Waals surface area contributed by atoms with Gasteiger partial charge in [-0.25, -0.2) is 0 Å². The SMILES string of the molecule is [N-]=[N+]=Nc1ccncc1[N+](=O)[O-]. The molecule has 0 saturated heterocycles. The molecule has 0 radical (unpaired) electrons. The molecule has 1 rings (SSSR count). The Labute approximate surface area is 66.4 Å². The molecule has 60 valence electrons. The van der Waals surface area contributed by atoms with E-state index in [1.807, 2.05) is 0 Å². The summed E-state index contributed by atoms with van der Waals surface area (Å²) in [6, 6.07) is 1.28. The third-order valence-corrected chi connectivity index (χ3v) is 1.13. The summed E-state index contributed by atoms with van der Waals surface area (Å²) in [5, 5.41) is 13.4. The molecule has 0 atom stereocenters. The Balaban J connectivity index is 3.26. The number of rotatable bonds is 2. The molecule has 0 saturated carbocycles. The van der Waals surface area contributed by atoms with Gasteiger partial charge in [0.1, 0.15) is 11.9 Å². The molecule has 1 heterocycles. The van der Waals surface area contributed by atoms with Crippen LogP contribution in [-0.4, -0.2) is 9.91 Å². The van der Waals surface area contributed by atoms with Crippen molar-refractivity contribution in [3.8, 4) is 0 Å². The number of nitrogens with zero attached hydrogens (tertiary/aromatic N) is 5. The van der Waals surface area contributed by atoms with Crippen molar-refractivity contribution in [3.05, 3.63) is 39.0 Å². The fourth-order valence-electron chi connectivity index (χ4n) is 0.652. The average molecular weight is 165 g/mol. The highest BCUT2D eigenvalue weighted by atomic mass is 16.6. The van der Waals surface area contributed by atoms with Gasteiger partial charge in [-0.2, -0.15) is 0 Å². The minimum Gasteiger partial charge on any atom is -0.258 e. The van der Waals surface area contributed by atoms with Gasteiger partial charge in [-0.1, -0.05) is 5.11 Å². The van der Waals surface area contributed by atoms with E-state index in [2.05, 4.69) is 15.0 Å². The minimum atomic E-state index is -0.656. The van der Waals surface area contributed by atoms with Crippen molar-refractivity contribution in [3.63, 3.8) is 0 Å². The summed E-state index contributed by atoms with van der Waals surface area (Å²) in [5.41, 5.74) is 7.72. The first-order chi connectivity index (χ1) is 5.75. The molecule has 0 bridgehead atoms. The molecule has 12 heavy (non-hydrogen) atoms. The van der Waals surface area contributed by atoms with Crippen LogP contribution in [0.3, 0.4) is 0 Å². The molecular weight excluding hydrogens is 162 g/mol. The molecule has 0 amide bonds. The molecule has 1 aromatic rings. The monoisotopic (exact) mass is 165 g/mol. The van der Waals surface area contributed by atoms with Gasteiger partial charge in [0.25, 0.3) is 5.69 Å². The second-order valence-corrected chi connectivity index (χ2v) is 1.81. The van der Waals surface area contributed by atoms with E-state index in [1.54, 1.807) is 0 Å². The molecule has 0 unspecified atom stereocenters. The van der Waals surface area contributed by atoms with E-state index in [9.17, 15) is 10.1 Å². The molecular formula is C5H3N5O2. The van der Waals surface area contributed by atoms with Gasteiger partial charge in [-0.15, -0.1) is 0 Å². The summed E-state index contributed by atoms with van der Waals surface area (Å²) < 4.78 is 0. The fourth-order valence-corrected chi connectivity index (χ4v) is 0.652. The predicted molar refractivity (Wildman–Crippen MR) is 39.7 cm³/mol. The van der Waals surface area contributed by atoms with E-state index in [1.165, 1.54) is 12.3 Å². The number of hydrogen-bond donors (Lipinski definition) is 0. The Kier molecular flexibility index (Phi) is 2.20. The lowest BCUT2D eigenvalue weighted by Crippen LogP contribution is -1.88.